The Balaban J connectivity index is 2.21. The first kappa shape index (κ1) is 12.7. The highest BCUT2D eigenvalue weighted by atomic mass is 35.5. The van der Waals surface area contributed by atoms with Crippen LogP contribution < -0.4 is 0 Å². The van der Waals surface area contributed by atoms with E-state index in [4.69, 9.17) is 23.2 Å². The molecule has 2 aliphatic rings. The van der Waals surface area contributed by atoms with Gasteiger partial charge in [0.2, 0.25) is 0 Å². The van der Waals surface area contributed by atoms with Crippen LogP contribution in [0.2, 0.25) is 0 Å². The maximum absolute atomic E-state index is 11.6. The van der Waals surface area contributed by atoms with Crippen LogP contribution >= 0.6 is 35.0 Å². The Bertz CT molecular complexity index is 467. The molecule has 0 unspecified atom stereocenters. The van der Waals surface area contributed by atoms with Gasteiger partial charge in [-0.1, -0.05) is 47.1 Å². The van der Waals surface area contributed by atoms with E-state index in [1.54, 1.807) is 24.3 Å². The largest absolute Gasteiger partial charge is 0.293 e. The van der Waals surface area contributed by atoms with Gasteiger partial charge >= 0.3 is 0 Å². The lowest BCUT2D eigenvalue weighted by Crippen LogP contribution is -2.07. The minimum atomic E-state index is -0.0289. The standard InChI is InChI=1S/C12H8Cl2O2S/c13-7-1-3-9(15)11(5-7)17-12-6-8(14)2-4-10(12)16/h1-2,5-6H,3-4H2. The number of thioether (sulfide) groups is 1. The average molecular weight is 287 g/mol. The molecular formula is C12H8Cl2O2S. The monoisotopic (exact) mass is 286 g/mol. The van der Waals surface area contributed by atoms with Crippen molar-refractivity contribution in [1.82, 2.24) is 0 Å². The highest BCUT2D eigenvalue weighted by Crippen LogP contribution is 2.35. The van der Waals surface area contributed by atoms with Crippen molar-refractivity contribution in [2.75, 3.05) is 0 Å². The summed E-state index contributed by atoms with van der Waals surface area (Å²) in [5, 5.41) is 1.05. The Morgan fingerprint density at radius 2 is 1.29 bits per heavy atom. The molecule has 0 atom stereocenters. The molecule has 0 heterocycles. The Hall–Kier alpha value is -0.770. The van der Waals surface area contributed by atoms with E-state index in [1.807, 2.05) is 0 Å². The van der Waals surface area contributed by atoms with Crippen molar-refractivity contribution in [3.63, 3.8) is 0 Å². The van der Waals surface area contributed by atoms with E-state index in [0.717, 1.165) is 11.8 Å². The fourth-order valence-corrected chi connectivity index (χ4v) is 2.91. The minimum absolute atomic E-state index is 0.0289. The van der Waals surface area contributed by atoms with Gasteiger partial charge in [0.25, 0.3) is 0 Å². The molecule has 0 spiro atoms. The lowest BCUT2D eigenvalue weighted by atomic mass is 10.1. The molecule has 2 aliphatic carbocycles. The summed E-state index contributed by atoms with van der Waals surface area (Å²) in [4.78, 5) is 24.2. The molecule has 0 saturated carbocycles. The fraction of sp³-hybridized carbons (Fsp3) is 0.167. The molecule has 0 saturated heterocycles. The van der Waals surface area contributed by atoms with Gasteiger partial charge in [-0.25, -0.2) is 0 Å². The smallest absolute Gasteiger partial charge is 0.173 e. The fourth-order valence-electron chi connectivity index (χ4n) is 1.40. The Morgan fingerprint density at radius 3 is 1.71 bits per heavy atom. The Morgan fingerprint density at radius 1 is 0.882 bits per heavy atom. The second-order valence-corrected chi connectivity index (χ2v) is 5.51. The molecule has 88 valence electrons. The van der Waals surface area contributed by atoms with E-state index in [2.05, 4.69) is 0 Å². The lowest BCUT2D eigenvalue weighted by Gasteiger charge is -2.13. The number of Topliss-reactive ketones (excluding diaryl/α,β-unsaturated/α-hetero) is 2. The van der Waals surface area contributed by atoms with Crippen LogP contribution in [0.25, 0.3) is 0 Å². The van der Waals surface area contributed by atoms with Crippen LogP contribution in [0.15, 0.2) is 44.2 Å². The van der Waals surface area contributed by atoms with E-state index in [0.29, 0.717) is 19.9 Å². The van der Waals surface area contributed by atoms with Crippen molar-refractivity contribution in [3.8, 4) is 0 Å². The number of hydrogen-bond donors (Lipinski definition) is 0. The lowest BCUT2D eigenvalue weighted by molar-refractivity contribution is -0.114. The van der Waals surface area contributed by atoms with Crippen molar-refractivity contribution in [2.45, 2.75) is 12.8 Å². The van der Waals surface area contributed by atoms with E-state index >= 15 is 0 Å². The normalized spacial score (nSPS) is 20.6. The summed E-state index contributed by atoms with van der Waals surface area (Å²) in [5.41, 5.74) is 0. The molecule has 0 fully saturated rings. The minimum Gasteiger partial charge on any atom is -0.293 e. The van der Waals surface area contributed by atoms with E-state index in [9.17, 15) is 9.59 Å². The summed E-state index contributed by atoms with van der Waals surface area (Å²) in [5.74, 6) is -0.0578. The predicted molar refractivity (Wildman–Crippen MR) is 70.9 cm³/mol. The van der Waals surface area contributed by atoms with Gasteiger partial charge in [0.15, 0.2) is 11.6 Å². The summed E-state index contributed by atoms with van der Waals surface area (Å²) in [6, 6.07) is 0. The number of carbonyl (C=O) groups excluding carboxylic acids is 2. The zero-order chi connectivity index (χ0) is 12.4. The SMILES string of the molecule is O=C1CC=C(Cl)C=C1SC1=CC(Cl)=CCC1=O. The molecule has 0 amide bonds. The Kier molecular flexibility index (Phi) is 3.92. The third-order valence-corrected chi connectivity index (χ3v) is 3.93. The summed E-state index contributed by atoms with van der Waals surface area (Å²) < 4.78 is 0. The first-order valence-electron chi connectivity index (χ1n) is 4.95. The van der Waals surface area contributed by atoms with Gasteiger partial charge in [-0.05, 0) is 12.2 Å². The molecule has 0 aliphatic heterocycles. The van der Waals surface area contributed by atoms with Gasteiger partial charge in [-0.15, -0.1) is 0 Å². The third-order valence-electron chi connectivity index (χ3n) is 2.27. The summed E-state index contributed by atoms with van der Waals surface area (Å²) >= 11 is 12.8. The number of rotatable bonds is 2. The molecule has 17 heavy (non-hydrogen) atoms. The van der Waals surface area contributed by atoms with Gasteiger partial charge in [0.1, 0.15) is 0 Å². The van der Waals surface area contributed by atoms with Gasteiger partial charge in [-0.3, -0.25) is 9.59 Å². The Labute approximate surface area is 113 Å². The molecule has 0 radical (unpaired) electrons. The van der Waals surface area contributed by atoms with Crippen molar-refractivity contribution < 1.29 is 9.59 Å². The summed E-state index contributed by atoms with van der Waals surface area (Å²) in [7, 11) is 0. The first-order chi connectivity index (χ1) is 8.06. The van der Waals surface area contributed by atoms with E-state index < -0.39 is 0 Å². The van der Waals surface area contributed by atoms with Crippen LogP contribution in [0.4, 0.5) is 0 Å². The van der Waals surface area contributed by atoms with Gasteiger partial charge in [0, 0.05) is 22.9 Å². The van der Waals surface area contributed by atoms with Crippen LogP contribution in [0.3, 0.4) is 0 Å². The van der Waals surface area contributed by atoms with Crippen molar-refractivity contribution in [1.29, 1.82) is 0 Å². The van der Waals surface area contributed by atoms with Crippen LogP contribution in [-0.2, 0) is 9.59 Å². The molecule has 0 N–H and O–H groups in total. The maximum Gasteiger partial charge on any atom is 0.173 e. The summed E-state index contributed by atoms with van der Waals surface area (Å²) in [6.07, 6.45) is 7.03. The van der Waals surface area contributed by atoms with E-state index in [-0.39, 0.29) is 24.4 Å². The van der Waals surface area contributed by atoms with Crippen molar-refractivity contribution >= 4 is 46.5 Å². The molecular weight excluding hydrogens is 279 g/mol. The van der Waals surface area contributed by atoms with Gasteiger partial charge in [0.05, 0.1) is 9.81 Å². The quantitative estimate of drug-likeness (QED) is 0.777. The van der Waals surface area contributed by atoms with Crippen LogP contribution in [0.1, 0.15) is 12.8 Å². The first-order valence-corrected chi connectivity index (χ1v) is 6.52. The second kappa shape index (κ2) is 5.25. The zero-order valence-corrected chi connectivity index (χ0v) is 11.0. The van der Waals surface area contributed by atoms with Crippen molar-refractivity contribution in [3.05, 3.63) is 44.2 Å². The van der Waals surface area contributed by atoms with Gasteiger partial charge < -0.3 is 0 Å². The number of halogens is 2. The second-order valence-electron chi connectivity index (χ2n) is 3.55. The molecule has 2 rings (SSSR count). The highest BCUT2D eigenvalue weighted by molar-refractivity contribution is 8.08. The van der Waals surface area contributed by atoms with Crippen molar-refractivity contribution in [2.24, 2.45) is 0 Å². The zero-order valence-electron chi connectivity index (χ0n) is 8.70. The molecule has 0 bridgehead atoms. The molecule has 0 aromatic heterocycles. The third kappa shape index (κ3) is 3.12. The van der Waals surface area contributed by atoms with Crippen LogP contribution in [0, 0.1) is 0 Å². The predicted octanol–water partition coefficient (Wildman–Crippen LogP) is 3.68. The van der Waals surface area contributed by atoms with Crippen LogP contribution in [-0.4, -0.2) is 11.6 Å². The number of ketones is 2. The number of allylic oxidation sites excluding steroid dienone is 8. The number of carbonyl (C=O) groups is 2. The van der Waals surface area contributed by atoms with Gasteiger partial charge in [-0.2, -0.15) is 0 Å². The van der Waals surface area contributed by atoms with E-state index in [1.165, 1.54) is 0 Å². The molecule has 2 nitrogen and oxygen atoms in total. The molecule has 5 heteroatoms. The maximum atomic E-state index is 11.6. The molecule has 0 aromatic carbocycles. The number of hydrogen-bond acceptors (Lipinski definition) is 3. The average Bonchev–Trinajstić information content (AvgIpc) is 2.28. The molecule has 0 aromatic rings. The summed E-state index contributed by atoms with van der Waals surface area (Å²) in [6.45, 7) is 0. The highest BCUT2D eigenvalue weighted by Gasteiger charge is 2.20. The van der Waals surface area contributed by atoms with Crippen LogP contribution in [0.5, 0.6) is 0 Å². The topological polar surface area (TPSA) is 34.1 Å².